The summed E-state index contributed by atoms with van der Waals surface area (Å²) in [5.41, 5.74) is 1.03. The van der Waals surface area contributed by atoms with Gasteiger partial charge in [0.05, 0.1) is 5.41 Å². The molecule has 1 aliphatic carbocycles. The Morgan fingerprint density at radius 3 is 2.47 bits per heavy atom. The van der Waals surface area contributed by atoms with Crippen LogP contribution in [0.3, 0.4) is 0 Å². The number of carbonyl (C=O) groups excluding carboxylic acids is 1. The van der Waals surface area contributed by atoms with Gasteiger partial charge in [-0.3, -0.25) is 4.79 Å². The van der Waals surface area contributed by atoms with E-state index < -0.39 is 0 Å². The molecule has 4 heteroatoms. The van der Waals surface area contributed by atoms with Crippen LogP contribution in [0.25, 0.3) is 0 Å². The summed E-state index contributed by atoms with van der Waals surface area (Å²) in [5.74, 6) is 0.582. The van der Waals surface area contributed by atoms with E-state index in [1.807, 2.05) is 18.2 Å². The molecule has 0 radical (unpaired) electrons. The van der Waals surface area contributed by atoms with Crippen molar-refractivity contribution < 1.29 is 9.32 Å². The first-order chi connectivity index (χ1) is 9.22. The van der Waals surface area contributed by atoms with Crippen LogP contribution >= 0.6 is 0 Å². The number of hydrogen-bond acceptors (Lipinski definition) is 4. The molecule has 1 aromatic heterocycles. The zero-order valence-electron chi connectivity index (χ0n) is 10.9. The van der Waals surface area contributed by atoms with Crippen LogP contribution in [0, 0.1) is 0 Å². The van der Waals surface area contributed by atoms with Crippen molar-refractivity contribution in [3.8, 4) is 0 Å². The molecule has 19 heavy (non-hydrogen) atoms. The Balaban J connectivity index is 2.08. The highest BCUT2D eigenvalue weighted by molar-refractivity contribution is 5.89. The Labute approximate surface area is 111 Å². The minimum Gasteiger partial charge on any atom is -0.331 e. The summed E-state index contributed by atoms with van der Waals surface area (Å²) in [6.07, 6.45) is 4.32. The standard InChI is InChI=1S/C15H16N2O2/c1-11(18)13-16-14(17-19-13)15(9-5-6-10-15)12-7-3-2-4-8-12/h2-4,7-8H,5-6,9-10H2,1H3. The molecule has 3 rings (SSSR count). The van der Waals surface area contributed by atoms with Gasteiger partial charge in [0.15, 0.2) is 5.82 Å². The molecule has 4 nitrogen and oxygen atoms in total. The minimum atomic E-state index is -0.182. The lowest BCUT2D eigenvalue weighted by Gasteiger charge is -2.25. The topological polar surface area (TPSA) is 56.0 Å². The second kappa shape index (κ2) is 4.61. The van der Waals surface area contributed by atoms with E-state index in [0.29, 0.717) is 5.82 Å². The normalized spacial score (nSPS) is 17.5. The quantitative estimate of drug-likeness (QED) is 0.792. The maximum Gasteiger partial charge on any atom is 0.293 e. The van der Waals surface area contributed by atoms with E-state index in [-0.39, 0.29) is 17.1 Å². The van der Waals surface area contributed by atoms with Gasteiger partial charge >= 0.3 is 0 Å². The van der Waals surface area contributed by atoms with Gasteiger partial charge in [-0.15, -0.1) is 0 Å². The van der Waals surface area contributed by atoms with Crippen LogP contribution in [0.15, 0.2) is 34.9 Å². The van der Waals surface area contributed by atoms with Crippen molar-refractivity contribution in [3.05, 3.63) is 47.6 Å². The summed E-state index contributed by atoms with van der Waals surface area (Å²) in [6, 6.07) is 10.3. The molecule has 0 saturated heterocycles. The molecule has 0 bridgehead atoms. The SMILES string of the molecule is CC(=O)c1nc(C2(c3ccccc3)CCCC2)no1. The predicted molar refractivity (Wildman–Crippen MR) is 70.0 cm³/mol. The van der Waals surface area contributed by atoms with Crippen molar-refractivity contribution in [2.75, 3.05) is 0 Å². The van der Waals surface area contributed by atoms with Crippen molar-refractivity contribution in [3.63, 3.8) is 0 Å². The lowest BCUT2D eigenvalue weighted by atomic mass is 9.78. The fourth-order valence-electron chi connectivity index (χ4n) is 2.94. The van der Waals surface area contributed by atoms with Crippen LogP contribution in [0.2, 0.25) is 0 Å². The highest BCUT2D eigenvalue weighted by Gasteiger charge is 2.41. The summed E-state index contributed by atoms with van der Waals surface area (Å²) in [6.45, 7) is 1.45. The number of nitrogens with zero attached hydrogens (tertiary/aromatic N) is 2. The van der Waals surface area contributed by atoms with Crippen LogP contribution in [0.1, 0.15) is 54.7 Å². The monoisotopic (exact) mass is 256 g/mol. The summed E-state index contributed by atoms with van der Waals surface area (Å²) >= 11 is 0. The highest BCUT2D eigenvalue weighted by Crippen LogP contribution is 2.44. The van der Waals surface area contributed by atoms with Crippen molar-refractivity contribution in [1.29, 1.82) is 0 Å². The molecule has 1 fully saturated rings. The first-order valence-electron chi connectivity index (χ1n) is 6.63. The zero-order chi connectivity index (χ0) is 13.3. The number of rotatable bonds is 3. The van der Waals surface area contributed by atoms with Crippen molar-refractivity contribution in [2.45, 2.75) is 38.0 Å². The molecule has 0 unspecified atom stereocenters. The Morgan fingerprint density at radius 2 is 1.89 bits per heavy atom. The van der Waals surface area contributed by atoms with Gasteiger partial charge in [-0.1, -0.05) is 48.3 Å². The van der Waals surface area contributed by atoms with Crippen molar-refractivity contribution in [2.24, 2.45) is 0 Å². The van der Waals surface area contributed by atoms with Gasteiger partial charge in [0.1, 0.15) is 0 Å². The first-order valence-corrected chi connectivity index (χ1v) is 6.63. The Hall–Kier alpha value is -1.97. The third kappa shape index (κ3) is 1.97. The molecule has 1 aromatic carbocycles. The molecular formula is C15H16N2O2. The number of carbonyl (C=O) groups is 1. The lowest BCUT2D eigenvalue weighted by Crippen LogP contribution is -2.25. The molecule has 0 aliphatic heterocycles. The van der Waals surface area contributed by atoms with Gasteiger partial charge < -0.3 is 4.52 Å². The third-order valence-corrected chi connectivity index (χ3v) is 3.94. The number of Topliss-reactive ketones (excluding diaryl/α,β-unsaturated/α-hetero) is 1. The number of benzene rings is 1. The maximum absolute atomic E-state index is 11.3. The predicted octanol–water partition coefficient (Wildman–Crippen LogP) is 3.13. The average molecular weight is 256 g/mol. The number of ketones is 1. The maximum atomic E-state index is 11.3. The van der Waals surface area contributed by atoms with E-state index in [2.05, 4.69) is 22.3 Å². The summed E-state index contributed by atoms with van der Waals surface area (Å²) < 4.78 is 5.07. The molecule has 0 spiro atoms. The van der Waals surface area contributed by atoms with E-state index in [9.17, 15) is 4.79 Å². The Kier molecular flexibility index (Phi) is 2.93. The van der Waals surface area contributed by atoms with Crippen LogP contribution in [0.5, 0.6) is 0 Å². The largest absolute Gasteiger partial charge is 0.331 e. The molecule has 1 saturated carbocycles. The fourth-order valence-corrected chi connectivity index (χ4v) is 2.94. The lowest BCUT2D eigenvalue weighted by molar-refractivity contribution is 0.0972. The molecule has 2 aromatic rings. The van der Waals surface area contributed by atoms with Crippen LogP contribution < -0.4 is 0 Å². The summed E-state index contributed by atoms with van der Waals surface area (Å²) in [7, 11) is 0. The Morgan fingerprint density at radius 1 is 1.21 bits per heavy atom. The van der Waals surface area contributed by atoms with Crippen LogP contribution in [0.4, 0.5) is 0 Å². The van der Waals surface area contributed by atoms with E-state index >= 15 is 0 Å². The minimum absolute atomic E-state index is 0.109. The van der Waals surface area contributed by atoms with E-state index in [4.69, 9.17) is 4.52 Å². The van der Waals surface area contributed by atoms with Gasteiger partial charge in [0, 0.05) is 6.92 Å². The van der Waals surface area contributed by atoms with E-state index in [0.717, 1.165) is 25.7 Å². The molecular weight excluding hydrogens is 240 g/mol. The van der Waals surface area contributed by atoms with Gasteiger partial charge in [-0.2, -0.15) is 4.98 Å². The average Bonchev–Trinajstić information content (AvgIpc) is 3.09. The summed E-state index contributed by atoms with van der Waals surface area (Å²) in [4.78, 5) is 15.6. The Bertz CT molecular complexity index is 583. The number of aromatic nitrogens is 2. The van der Waals surface area contributed by atoms with Crippen LogP contribution in [-0.2, 0) is 5.41 Å². The fraction of sp³-hybridized carbons (Fsp3) is 0.400. The molecule has 1 heterocycles. The van der Waals surface area contributed by atoms with Gasteiger partial charge in [-0.25, -0.2) is 0 Å². The van der Waals surface area contributed by atoms with E-state index in [1.54, 1.807) is 0 Å². The highest BCUT2D eigenvalue weighted by atomic mass is 16.5. The summed E-state index contributed by atoms with van der Waals surface area (Å²) in [5, 5.41) is 4.06. The van der Waals surface area contributed by atoms with Crippen molar-refractivity contribution >= 4 is 5.78 Å². The first kappa shape index (κ1) is 12.1. The molecule has 98 valence electrons. The van der Waals surface area contributed by atoms with Crippen molar-refractivity contribution in [1.82, 2.24) is 10.1 Å². The van der Waals surface area contributed by atoms with E-state index in [1.165, 1.54) is 12.5 Å². The van der Waals surface area contributed by atoms with Gasteiger partial charge in [-0.05, 0) is 18.4 Å². The second-order valence-electron chi connectivity index (χ2n) is 5.13. The third-order valence-electron chi connectivity index (χ3n) is 3.94. The molecule has 0 atom stereocenters. The smallest absolute Gasteiger partial charge is 0.293 e. The zero-order valence-corrected chi connectivity index (χ0v) is 10.9. The molecule has 0 amide bonds. The molecule has 1 aliphatic rings. The van der Waals surface area contributed by atoms with Gasteiger partial charge in [0.25, 0.3) is 5.89 Å². The second-order valence-corrected chi connectivity index (χ2v) is 5.13. The molecule has 0 N–H and O–H groups in total. The number of hydrogen-bond donors (Lipinski definition) is 0. The van der Waals surface area contributed by atoms with Gasteiger partial charge in [0.2, 0.25) is 5.78 Å². The van der Waals surface area contributed by atoms with Crippen LogP contribution in [-0.4, -0.2) is 15.9 Å².